The molecule has 2 aromatic rings. The average molecular weight is 591 g/mol. The third-order valence-corrected chi connectivity index (χ3v) is 13.3. The molecule has 0 aliphatic carbocycles. The molecule has 2 aliphatic rings. The first-order chi connectivity index (χ1) is 15.9. The first-order valence-corrected chi connectivity index (χ1v) is 12.8. The van der Waals surface area contributed by atoms with Crippen LogP contribution in [-0.2, 0) is 7.64 Å². The summed E-state index contributed by atoms with van der Waals surface area (Å²) in [6.45, 7) is 0. The summed E-state index contributed by atoms with van der Waals surface area (Å²) in [5, 5.41) is 0. The van der Waals surface area contributed by atoms with Gasteiger partial charge >= 0.3 is 191 Å². The Kier molecular flexibility index (Phi) is 5.62. The molecule has 0 amide bonds. The van der Waals surface area contributed by atoms with Crippen LogP contribution in [0.2, 0.25) is 0 Å². The van der Waals surface area contributed by atoms with Crippen molar-refractivity contribution in [3.8, 4) is 0 Å². The fraction of sp³-hybridized carbons (Fsp3) is 0.400. The third-order valence-electron chi connectivity index (χ3n) is 5.81. The second-order valence-corrected chi connectivity index (χ2v) is 12.9. The van der Waals surface area contributed by atoms with E-state index in [4.69, 9.17) is 0 Å². The number of hydrogen-bond donors (Lipinski definition) is 0. The molecule has 35 heavy (non-hydrogen) atoms. The van der Waals surface area contributed by atoms with Gasteiger partial charge in [0.25, 0.3) is 0 Å². The van der Waals surface area contributed by atoms with Crippen molar-refractivity contribution in [2.75, 3.05) is 0 Å². The van der Waals surface area contributed by atoms with Gasteiger partial charge in [-0.25, -0.2) is 0 Å². The van der Waals surface area contributed by atoms with Gasteiger partial charge in [-0.3, -0.25) is 0 Å². The molecule has 2 fully saturated rings. The van der Waals surface area contributed by atoms with Crippen LogP contribution >= 0.6 is 0 Å². The number of halogens is 12. The molecule has 194 valence electrons. The summed E-state index contributed by atoms with van der Waals surface area (Å²) in [5.41, 5.74) is -11.7. The van der Waals surface area contributed by atoms with E-state index >= 15 is 0 Å². The Morgan fingerprint density at radius 2 is 0.743 bits per heavy atom. The minimum absolute atomic E-state index is 0.755. The molecule has 2 heterocycles. The van der Waals surface area contributed by atoms with Gasteiger partial charge in [-0.05, 0) is 0 Å². The first kappa shape index (κ1) is 26.1. The molecule has 2 aliphatic heterocycles. The Morgan fingerprint density at radius 3 is 0.971 bits per heavy atom. The van der Waals surface area contributed by atoms with Crippen LogP contribution in [0.3, 0.4) is 0 Å². The number of hydrogen-bond acceptors (Lipinski definition) is 2. The van der Waals surface area contributed by atoms with Gasteiger partial charge in [-0.15, -0.1) is 0 Å². The molecule has 0 radical (unpaired) electrons. The normalized spacial score (nSPS) is 26.5. The molecule has 15 heteroatoms. The molecule has 2 atom stereocenters. The number of alkyl halides is 12. The Labute approximate surface area is 191 Å². The monoisotopic (exact) mass is 592 g/mol. The van der Waals surface area contributed by atoms with Crippen molar-refractivity contribution in [1.82, 2.24) is 0 Å². The van der Waals surface area contributed by atoms with Gasteiger partial charge in [0.05, 0.1) is 0 Å². The van der Waals surface area contributed by atoms with Crippen LogP contribution in [0.1, 0.15) is 20.8 Å². The van der Waals surface area contributed by atoms with Crippen molar-refractivity contribution in [1.29, 1.82) is 0 Å². The summed E-state index contributed by atoms with van der Waals surface area (Å²) in [7, 11) is 0. The van der Waals surface area contributed by atoms with Crippen LogP contribution in [0.25, 0.3) is 0 Å². The van der Waals surface area contributed by atoms with Gasteiger partial charge in [0.15, 0.2) is 0 Å². The summed E-state index contributed by atoms with van der Waals surface area (Å²) < 4.78 is 176. The standard InChI is InChI=1S/C20H12F12O2Se/c21-17(22,23)15(18(24,25)26)13(11-7-3-1-4-8-11)35(33-15)14(12-9-5-2-6-10-12)16(34-35,19(27,28)29)20(30,31)32/h1-10,13-14H/t13-,14-/m0/s1. The van der Waals surface area contributed by atoms with Crippen LogP contribution in [0.15, 0.2) is 60.7 Å². The molecule has 4 rings (SSSR count). The molecule has 2 nitrogen and oxygen atoms in total. The Balaban J connectivity index is 2.03. The van der Waals surface area contributed by atoms with Crippen molar-refractivity contribution in [2.24, 2.45) is 0 Å². The zero-order valence-electron chi connectivity index (χ0n) is 16.7. The second kappa shape index (κ2) is 7.53. The van der Waals surface area contributed by atoms with Gasteiger partial charge in [-0.2, -0.15) is 0 Å². The molecular formula is C20H12F12O2Se. The fourth-order valence-corrected chi connectivity index (χ4v) is 13.7. The van der Waals surface area contributed by atoms with Crippen LogP contribution in [0.4, 0.5) is 52.7 Å². The molecule has 0 bridgehead atoms. The van der Waals surface area contributed by atoms with E-state index < -0.39 is 70.2 Å². The van der Waals surface area contributed by atoms with Crippen molar-refractivity contribution in [3.63, 3.8) is 0 Å². The number of rotatable bonds is 2. The second-order valence-electron chi connectivity index (χ2n) is 7.80. The first-order valence-electron chi connectivity index (χ1n) is 9.46. The van der Waals surface area contributed by atoms with Gasteiger partial charge in [0.1, 0.15) is 0 Å². The van der Waals surface area contributed by atoms with E-state index in [0.717, 1.165) is 48.5 Å². The maximum absolute atomic E-state index is 14.0. The van der Waals surface area contributed by atoms with Crippen molar-refractivity contribution >= 4 is 13.5 Å². The Bertz CT molecular complexity index is 960. The van der Waals surface area contributed by atoms with Crippen LogP contribution in [0.5, 0.6) is 0 Å². The van der Waals surface area contributed by atoms with E-state index in [1.165, 1.54) is 12.1 Å². The molecular weight excluding hydrogens is 579 g/mol. The molecule has 2 aromatic carbocycles. The summed E-state index contributed by atoms with van der Waals surface area (Å²) in [4.78, 5) is -5.99. The predicted molar refractivity (Wildman–Crippen MR) is 96.0 cm³/mol. The van der Waals surface area contributed by atoms with E-state index in [2.05, 4.69) is 7.64 Å². The Hall–Kier alpha value is -1.96. The average Bonchev–Trinajstić information content (AvgIpc) is 2.64. The summed E-state index contributed by atoms with van der Waals surface area (Å²) in [6.07, 6.45) is -25.0. The van der Waals surface area contributed by atoms with E-state index in [9.17, 15) is 52.7 Å². The van der Waals surface area contributed by atoms with E-state index in [0.29, 0.717) is 0 Å². The molecule has 0 aromatic heterocycles. The van der Waals surface area contributed by atoms with Crippen molar-refractivity contribution < 1.29 is 60.3 Å². The van der Waals surface area contributed by atoms with E-state index in [1.54, 1.807) is 0 Å². The van der Waals surface area contributed by atoms with Gasteiger partial charge in [0, 0.05) is 0 Å². The minimum atomic E-state index is -6.24. The number of benzene rings is 2. The molecule has 0 unspecified atom stereocenters. The molecule has 0 N–H and O–H groups in total. The topological polar surface area (TPSA) is 18.5 Å². The third kappa shape index (κ3) is 3.27. The molecule has 2 saturated heterocycles. The van der Waals surface area contributed by atoms with Gasteiger partial charge in [0.2, 0.25) is 0 Å². The van der Waals surface area contributed by atoms with Crippen molar-refractivity contribution in [2.45, 2.75) is 45.5 Å². The summed E-state index contributed by atoms with van der Waals surface area (Å²) >= 11 is -5.87. The van der Waals surface area contributed by atoms with Gasteiger partial charge in [-0.1, -0.05) is 0 Å². The van der Waals surface area contributed by atoms with Gasteiger partial charge < -0.3 is 0 Å². The molecule has 0 saturated carbocycles. The SMILES string of the molecule is FC(F)(F)C1(C(F)(F)F)O[Se]2(OC(C(F)(F)F)(C(F)(F)F)[C@@H]2c2ccccc2)[C@H]1c1ccccc1. The zero-order valence-corrected chi connectivity index (χ0v) is 18.4. The zero-order chi connectivity index (χ0) is 26.3. The fourth-order valence-electron chi connectivity index (χ4n) is 4.43. The van der Waals surface area contributed by atoms with E-state index in [-0.39, 0.29) is 0 Å². The maximum atomic E-state index is 14.0. The van der Waals surface area contributed by atoms with Crippen LogP contribution in [0, 0.1) is 0 Å². The van der Waals surface area contributed by atoms with E-state index in [1.807, 2.05) is 0 Å². The summed E-state index contributed by atoms with van der Waals surface area (Å²) in [6, 6.07) is 9.45. The van der Waals surface area contributed by atoms with Crippen molar-refractivity contribution in [3.05, 3.63) is 71.8 Å². The van der Waals surface area contributed by atoms with Crippen LogP contribution in [-0.4, -0.2) is 49.4 Å². The van der Waals surface area contributed by atoms with Crippen LogP contribution < -0.4 is 0 Å². The Morgan fingerprint density at radius 1 is 0.486 bits per heavy atom. The summed E-state index contributed by atoms with van der Waals surface area (Å²) in [5.74, 6) is 0. The molecule has 1 spiro atoms. The quantitative estimate of drug-likeness (QED) is 0.281. The predicted octanol–water partition coefficient (Wildman–Crippen LogP) is 6.86.